The van der Waals surface area contributed by atoms with Crippen molar-refractivity contribution in [3.63, 3.8) is 0 Å². The fourth-order valence-electron chi connectivity index (χ4n) is 3.33. The molecular weight excluding hydrogens is 354 g/mol. The molecule has 1 aliphatic heterocycles. The SMILES string of the molecule is COc1ccc(C(=O)C2CCCN(C(=O)C#Cc3ccccc3)C2)cc1OC. The maximum absolute atomic E-state index is 12.9. The van der Waals surface area contributed by atoms with Crippen molar-refractivity contribution in [2.45, 2.75) is 12.8 Å². The highest BCUT2D eigenvalue weighted by Gasteiger charge is 2.29. The molecule has 28 heavy (non-hydrogen) atoms. The minimum atomic E-state index is -0.242. The van der Waals surface area contributed by atoms with Gasteiger partial charge in [0.05, 0.1) is 14.2 Å². The summed E-state index contributed by atoms with van der Waals surface area (Å²) in [6.45, 7) is 1.01. The van der Waals surface area contributed by atoms with Crippen LogP contribution in [0.15, 0.2) is 48.5 Å². The van der Waals surface area contributed by atoms with E-state index in [0.717, 1.165) is 18.4 Å². The van der Waals surface area contributed by atoms with E-state index in [-0.39, 0.29) is 17.6 Å². The lowest BCUT2D eigenvalue weighted by Gasteiger charge is -2.30. The normalized spacial score (nSPS) is 15.9. The van der Waals surface area contributed by atoms with Crippen molar-refractivity contribution in [1.82, 2.24) is 4.90 Å². The van der Waals surface area contributed by atoms with Crippen LogP contribution in [0, 0.1) is 17.8 Å². The van der Waals surface area contributed by atoms with Gasteiger partial charge in [-0.1, -0.05) is 24.1 Å². The molecule has 1 fully saturated rings. The van der Waals surface area contributed by atoms with Crippen LogP contribution < -0.4 is 9.47 Å². The van der Waals surface area contributed by atoms with Gasteiger partial charge in [-0.05, 0) is 43.2 Å². The van der Waals surface area contributed by atoms with E-state index in [0.29, 0.717) is 30.2 Å². The monoisotopic (exact) mass is 377 g/mol. The Balaban J connectivity index is 1.70. The molecule has 0 N–H and O–H groups in total. The Kier molecular flexibility index (Phi) is 6.33. The molecule has 2 aromatic carbocycles. The number of ketones is 1. The standard InChI is InChI=1S/C23H23NO4/c1-27-20-12-11-18(15-21(20)28-2)23(26)19-9-6-14-24(16-19)22(25)13-10-17-7-4-3-5-8-17/h3-5,7-8,11-12,15,19H,6,9,14,16H2,1-2H3. The number of methoxy groups -OCH3 is 2. The average Bonchev–Trinajstić information content (AvgIpc) is 2.77. The van der Waals surface area contributed by atoms with Crippen LogP contribution in [-0.4, -0.2) is 43.9 Å². The molecule has 5 heteroatoms. The summed E-state index contributed by atoms with van der Waals surface area (Å²) in [6, 6.07) is 14.5. The van der Waals surface area contributed by atoms with Gasteiger partial charge in [0.15, 0.2) is 17.3 Å². The highest BCUT2D eigenvalue weighted by molar-refractivity contribution is 5.99. The molecular formula is C23H23NO4. The molecule has 5 nitrogen and oxygen atoms in total. The minimum absolute atomic E-state index is 0.00877. The van der Waals surface area contributed by atoms with Gasteiger partial charge in [-0.15, -0.1) is 0 Å². The number of rotatable bonds is 4. The van der Waals surface area contributed by atoms with Gasteiger partial charge in [-0.2, -0.15) is 0 Å². The number of likely N-dealkylation sites (tertiary alicyclic amines) is 1. The highest BCUT2D eigenvalue weighted by atomic mass is 16.5. The second kappa shape index (κ2) is 9.09. The summed E-state index contributed by atoms with van der Waals surface area (Å²) in [7, 11) is 3.10. The zero-order valence-corrected chi connectivity index (χ0v) is 16.1. The van der Waals surface area contributed by atoms with Gasteiger partial charge in [0.25, 0.3) is 5.91 Å². The van der Waals surface area contributed by atoms with E-state index >= 15 is 0 Å². The predicted octanol–water partition coefficient (Wildman–Crippen LogP) is 3.18. The number of Topliss-reactive ketones (excluding diaryl/α,β-unsaturated/α-hetero) is 1. The first-order valence-electron chi connectivity index (χ1n) is 9.24. The summed E-state index contributed by atoms with van der Waals surface area (Å²) in [4.78, 5) is 27.1. The number of benzene rings is 2. The van der Waals surface area contributed by atoms with Gasteiger partial charge in [-0.25, -0.2) is 0 Å². The molecule has 1 saturated heterocycles. The number of ether oxygens (including phenoxy) is 2. The molecule has 2 aromatic rings. The van der Waals surface area contributed by atoms with Crippen LogP contribution in [0.1, 0.15) is 28.8 Å². The van der Waals surface area contributed by atoms with E-state index in [1.165, 1.54) is 0 Å². The number of carbonyl (C=O) groups is 2. The van der Waals surface area contributed by atoms with Crippen LogP contribution in [0.3, 0.4) is 0 Å². The number of nitrogens with zero attached hydrogens (tertiary/aromatic N) is 1. The Morgan fingerprint density at radius 3 is 2.50 bits per heavy atom. The summed E-state index contributed by atoms with van der Waals surface area (Å²) in [5, 5.41) is 0. The van der Waals surface area contributed by atoms with Crippen LogP contribution in [-0.2, 0) is 4.79 Å². The fraction of sp³-hybridized carbons (Fsp3) is 0.304. The number of carbonyl (C=O) groups excluding carboxylic acids is 2. The lowest BCUT2D eigenvalue weighted by atomic mass is 9.90. The lowest BCUT2D eigenvalue weighted by Crippen LogP contribution is -2.41. The Labute approximate surface area is 165 Å². The van der Waals surface area contributed by atoms with E-state index in [1.807, 2.05) is 30.3 Å². The first-order valence-corrected chi connectivity index (χ1v) is 9.24. The Morgan fingerprint density at radius 1 is 1.04 bits per heavy atom. The van der Waals surface area contributed by atoms with Crippen molar-refractivity contribution < 1.29 is 19.1 Å². The highest BCUT2D eigenvalue weighted by Crippen LogP contribution is 2.30. The van der Waals surface area contributed by atoms with Crippen molar-refractivity contribution in [2.24, 2.45) is 5.92 Å². The van der Waals surface area contributed by atoms with Gasteiger partial charge in [0.1, 0.15) is 0 Å². The molecule has 1 amide bonds. The molecule has 0 aromatic heterocycles. The number of amides is 1. The molecule has 0 aliphatic carbocycles. The lowest BCUT2D eigenvalue weighted by molar-refractivity contribution is -0.126. The van der Waals surface area contributed by atoms with Crippen molar-refractivity contribution >= 4 is 11.7 Å². The van der Waals surface area contributed by atoms with Crippen molar-refractivity contribution in [2.75, 3.05) is 27.3 Å². The van der Waals surface area contributed by atoms with Gasteiger partial charge < -0.3 is 14.4 Å². The third-order valence-corrected chi connectivity index (χ3v) is 4.84. The van der Waals surface area contributed by atoms with Crippen LogP contribution >= 0.6 is 0 Å². The molecule has 144 valence electrons. The second-order valence-electron chi connectivity index (χ2n) is 6.64. The number of piperidine rings is 1. The fourth-order valence-corrected chi connectivity index (χ4v) is 3.33. The zero-order chi connectivity index (χ0) is 19.9. The van der Waals surface area contributed by atoms with Crippen LogP contribution in [0.25, 0.3) is 0 Å². The second-order valence-corrected chi connectivity index (χ2v) is 6.64. The van der Waals surface area contributed by atoms with Gasteiger partial charge >= 0.3 is 0 Å². The van der Waals surface area contributed by atoms with Gasteiger partial charge in [0.2, 0.25) is 0 Å². The first kappa shape index (κ1) is 19.5. The molecule has 1 heterocycles. The Hall–Kier alpha value is -3.26. The zero-order valence-electron chi connectivity index (χ0n) is 16.1. The first-order chi connectivity index (χ1) is 13.6. The summed E-state index contributed by atoms with van der Waals surface area (Å²) in [5.41, 5.74) is 1.36. The Bertz CT molecular complexity index is 911. The summed E-state index contributed by atoms with van der Waals surface area (Å²) < 4.78 is 10.5. The molecule has 1 unspecified atom stereocenters. The summed E-state index contributed by atoms with van der Waals surface area (Å²) in [5.74, 6) is 6.20. The van der Waals surface area contributed by atoms with Crippen LogP contribution in [0.4, 0.5) is 0 Å². The van der Waals surface area contributed by atoms with Gasteiger partial charge in [-0.3, -0.25) is 9.59 Å². The van der Waals surface area contributed by atoms with E-state index in [9.17, 15) is 9.59 Å². The maximum Gasteiger partial charge on any atom is 0.298 e. The average molecular weight is 377 g/mol. The predicted molar refractivity (Wildman–Crippen MR) is 107 cm³/mol. The molecule has 1 atom stereocenters. The summed E-state index contributed by atoms with van der Waals surface area (Å²) >= 11 is 0. The number of hydrogen-bond acceptors (Lipinski definition) is 4. The summed E-state index contributed by atoms with van der Waals surface area (Å²) in [6.07, 6.45) is 1.53. The molecule has 3 rings (SSSR count). The maximum atomic E-state index is 12.9. The Morgan fingerprint density at radius 2 is 1.79 bits per heavy atom. The van der Waals surface area contributed by atoms with E-state index in [2.05, 4.69) is 11.8 Å². The quantitative estimate of drug-likeness (QED) is 0.607. The molecule has 0 saturated carbocycles. The third kappa shape index (κ3) is 4.52. The van der Waals surface area contributed by atoms with Crippen LogP contribution in [0.5, 0.6) is 11.5 Å². The molecule has 0 radical (unpaired) electrons. The van der Waals surface area contributed by atoms with Gasteiger partial charge in [0, 0.05) is 36.1 Å². The van der Waals surface area contributed by atoms with E-state index in [1.54, 1.807) is 37.3 Å². The smallest absolute Gasteiger partial charge is 0.298 e. The van der Waals surface area contributed by atoms with E-state index in [4.69, 9.17) is 9.47 Å². The minimum Gasteiger partial charge on any atom is -0.493 e. The van der Waals surface area contributed by atoms with E-state index < -0.39 is 0 Å². The molecule has 0 bridgehead atoms. The van der Waals surface area contributed by atoms with Crippen molar-refractivity contribution in [3.8, 4) is 23.3 Å². The molecule has 0 spiro atoms. The molecule has 1 aliphatic rings. The number of hydrogen-bond donors (Lipinski definition) is 0. The van der Waals surface area contributed by atoms with Crippen molar-refractivity contribution in [3.05, 3.63) is 59.7 Å². The third-order valence-electron chi connectivity index (χ3n) is 4.84. The van der Waals surface area contributed by atoms with Crippen molar-refractivity contribution in [1.29, 1.82) is 0 Å². The largest absolute Gasteiger partial charge is 0.493 e. The van der Waals surface area contributed by atoms with Crippen LogP contribution in [0.2, 0.25) is 0 Å². The topological polar surface area (TPSA) is 55.8 Å².